The first kappa shape index (κ1) is 20.5. The van der Waals surface area contributed by atoms with Gasteiger partial charge in [0.1, 0.15) is 0 Å². The molecule has 10 heteroatoms. The zero-order chi connectivity index (χ0) is 19.0. The molecule has 0 aliphatic heterocycles. The first-order valence-corrected chi connectivity index (χ1v) is 7.30. The number of halogens is 2. The monoisotopic (exact) mass is 388 g/mol. The molecule has 0 spiro atoms. The molecular weight excluding hydrogens is 375 g/mol. The minimum atomic E-state index is -0.561. The number of ether oxygens (including phenoxy) is 3. The van der Waals surface area contributed by atoms with Crippen molar-refractivity contribution in [3.63, 3.8) is 0 Å². The second-order valence-electron chi connectivity index (χ2n) is 4.23. The predicted octanol–water partition coefficient (Wildman–Crippen LogP) is 2.76. The van der Waals surface area contributed by atoms with Crippen LogP contribution in [0.15, 0.2) is 24.5 Å². The largest absolute Gasteiger partial charge is 0.505 e. The van der Waals surface area contributed by atoms with Crippen molar-refractivity contribution in [1.29, 1.82) is 0 Å². The number of aromatic nitrogens is 2. The maximum atomic E-state index is 11.0. The molecule has 134 valence electrons. The van der Waals surface area contributed by atoms with Gasteiger partial charge < -0.3 is 19.3 Å². The quantitative estimate of drug-likeness (QED) is 0.631. The molecule has 2 rings (SSSR count). The van der Waals surface area contributed by atoms with Crippen molar-refractivity contribution in [3.8, 4) is 11.5 Å². The summed E-state index contributed by atoms with van der Waals surface area (Å²) < 4.78 is 13.8. The average Bonchev–Trinajstić information content (AvgIpc) is 2.63. The molecule has 0 fully saturated rings. The van der Waals surface area contributed by atoms with E-state index >= 15 is 0 Å². The highest BCUT2D eigenvalue weighted by atomic mass is 35.5. The van der Waals surface area contributed by atoms with E-state index in [9.17, 15) is 9.59 Å². The summed E-state index contributed by atoms with van der Waals surface area (Å²) in [7, 11) is 3.99. The van der Waals surface area contributed by atoms with Gasteiger partial charge in [0.05, 0.1) is 32.5 Å². The molecule has 2 heterocycles. The lowest BCUT2D eigenvalue weighted by Gasteiger charge is -2.03. The van der Waals surface area contributed by atoms with Crippen molar-refractivity contribution in [2.75, 3.05) is 21.3 Å². The highest BCUT2D eigenvalue weighted by Crippen LogP contribution is 2.22. The number of aromatic hydroxyl groups is 1. The van der Waals surface area contributed by atoms with Gasteiger partial charge >= 0.3 is 11.9 Å². The topological polar surface area (TPSA) is 108 Å². The number of rotatable bonds is 3. The molecule has 2 aromatic heterocycles. The lowest BCUT2D eigenvalue weighted by Crippen LogP contribution is -2.02. The fraction of sp³-hybridized carbons (Fsp3) is 0.200. The molecule has 8 nitrogen and oxygen atoms in total. The van der Waals surface area contributed by atoms with E-state index in [1.54, 1.807) is 0 Å². The lowest BCUT2D eigenvalue weighted by atomic mass is 10.3. The Balaban J connectivity index is 0.000000251. The zero-order valence-electron chi connectivity index (χ0n) is 13.4. The van der Waals surface area contributed by atoms with E-state index in [4.69, 9.17) is 33.0 Å². The Kier molecular flexibility index (Phi) is 7.90. The number of methoxy groups -OCH3 is 3. The molecular formula is C15H14Cl2N2O6. The number of hydrogen-bond acceptors (Lipinski definition) is 8. The van der Waals surface area contributed by atoms with Crippen LogP contribution in [0.4, 0.5) is 0 Å². The molecule has 2 aromatic rings. The fourth-order valence-corrected chi connectivity index (χ4v) is 1.75. The van der Waals surface area contributed by atoms with Gasteiger partial charge in [-0.2, -0.15) is 0 Å². The van der Waals surface area contributed by atoms with Crippen LogP contribution < -0.4 is 4.74 Å². The van der Waals surface area contributed by atoms with E-state index < -0.39 is 11.9 Å². The molecule has 1 N–H and O–H groups in total. The van der Waals surface area contributed by atoms with Crippen LogP contribution in [0.3, 0.4) is 0 Å². The van der Waals surface area contributed by atoms with Crippen molar-refractivity contribution in [2.24, 2.45) is 0 Å². The van der Waals surface area contributed by atoms with Gasteiger partial charge in [0.2, 0.25) is 0 Å². The van der Waals surface area contributed by atoms with Crippen LogP contribution in [0.2, 0.25) is 10.3 Å². The minimum Gasteiger partial charge on any atom is -0.505 e. The molecule has 0 unspecified atom stereocenters. The van der Waals surface area contributed by atoms with E-state index in [1.807, 2.05) is 0 Å². The lowest BCUT2D eigenvalue weighted by molar-refractivity contribution is 0.0591. The maximum absolute atomic E-state index is 11.0. The standard InChI is InChI=1S/C8H8ClNO3.C7H6ClNO3/c1-12-6-3-5(8(11)13-2)4-10-7(6)9;1-12-7(11)4-2-5(10)6(8)9-3-4/h3-4H,1-2H3;2-3,10H,1H3. The van der Waals surface area contributed by atoms with Crippen LogP contribution in [0, 0.1) is 0 Å². The molecule has 0 bridgehead atoms. The second kappa shape index (κ2) is 9.65. The van der Waals surface area contributed by atoms with Crippen molar-refractivity contribution < 1.29 is 28.9 Å². The van der Waals surface area contributed by atoms with E-state index in [0.717, 1.165) is 0 Å². The smallest absolute Gasteiger partial charge is 0.339 e. The van der Waals surface area contributed by atoms with Crippen LogP contribution in [-0.4, -0.2) is 48.3 Å². The fourth-order valence-electron chi connectivity index (χ4n) is 1.47. The minimum absolute atomic E-state index is 0.0392. The van der Waals surface area contributed by atoms with E-state index in [2.05, 4.69) is 19.4 Å². The van der Waals surface area contributed by atoms with Gasteiger partial charge in [-0.3, -0.25) is 0 Å². The van der Waals surface area contributed by atoms with Crippen molar-refractivity contribution in [1.82, 2.24) is 9.97 Å². The first-order chi connectivity index (χ1) is 11.8. The summed E-state index contributed by atoms with van der Waals surface area (Å²) in [6.07, 6.45) is 2.56. The molecule has 0 saturated heterocycles. The third-order valence-electron chi connectivity index (χ3n) is 2.69. The van der Waals surface area contributed by atoms with Gasteiger partial charge in [-0.15, -0.1) is 0 Å². The summed E-state index contributed by atoms with van der Waals surface area (Å²) in [6, 6.07) is 2.67. The summed E-state index contributed by atoms with van der Waals surface area (Å²) in [5, 5.41) is 9.22. The summed E-state index contributed by atoms with van der Waals surface area (Å²) in [4.78, 5) is 29.2. The predicted molar refractivity (Wildman–Crippen MR) is 89.4 cm³/mol. The molecule has 0 radical (unpaired) electrons. The summed E-state index contributed by atoms with van der Waals surface area (Å²) in [5.74, 6) is -0.916. The maximum Gasteiger partial charge on any atom is 0.339 e. The van der Waals surface area contributed by atoms with Crippen molar-refractivity contribution in [2.45, 2.75) is 0 Å². The van der Waals surface area contributed by atoms with Gasteiger partial charge in [-0.1, -0.05) is 23.2 Å². The number of carbonyl (C=O) groups is 2. The third-order valence-corrected chi connectivity index (χ3v) is 3.26. The summed E-state index contributed by atoms with van der Waals surface area (Å²) in [5.41, 5.74) is 0.475. The van der Waals surface area contributed by atoms with Crippen molar-refractivity contribution in [3.05, 3.63) is 46.0 Å². The van der Waals surface area contributed by atoms with E-state index in [1.165, 1.54) is 45.9 Å². The second-order valence-corrected chi connectivity index (χ2v) is 4.95. The molecule has 25 heavy (non-hydrogen) atoms. The van der Waals surface area contributed by atoms with Gasteiger partial charge in [0, 0.05) is 12.4 Å². The van der Waals surface area contributed by atoms with Crippen molar-refractivity contribution >= 4 is 35.1 Å². The Morgan fingerprint density at radius 3 is 1.84 bits per heavy atom. The van der Waals surface area contributed by atoms with Crippen LogP contribution in [0.25, 0.3) is 0 Å². The van der Waals surface area contributed by atoms with Gasteiger partial charge in [0.25, 0.3) is 0 Å². The van der Waals surface area contributed by atoms with Crippen LogP contribution >= 0.6 is 23.2 Å². The molecule has 0 saturated carbocycles. The Morgan fingerprint density at radius 1 is 0.920 bits per heavy atom. The third kappa shape index (κ3) is 5.77. The summed E-state index contributed by atoms with van der Waals surface area (Å²) >= 11 is 11.1. The molecule has 0 amide bonds. The Bertz CT molecular complexity index is 770. The SMILES string of the molecule is COC(=O)c1cnc(Cl)c(O)c1.COC(=O)c1cnc(Cl)c(OC)c1. The van der Waals surface area contributed by atoms with Gasteiger partial charge in [0.15, 0.2) is 21.8 Å². The van der Waals surface area contributed by atoms with Crippen LogP contribution in [0.5, 0.6) is 11.5 Å². The van der Waals surface area contributed by atoms with Gasteiger partial charge in [-0.25, -0.2) is 19.6 Å². The van der Waals surface area contributed by atoms with E-state index in [-0.39, 0.29) is 21.6 Å². The Hall–Kier alpha value is -2.58. The molecule has 0 aliphatic carbocycles. The highest BCUT2D eigenvalue weighted by molar-refractivity contribution is 6.31. The number of esters is 2. The number of pyridine rings is 2. The Morgan fingerprint density at radius 2 is 1.40 bits per heavy atom. The molecule has 0 aliphatic rings. The number of hydrogen-bond donors (Lipinski definition) is 1. The number of carbonyl (C=O) groups excluding carboxylic acids is 2. The summed E-state index contributed by atoms with van der Waals surface area (Å²) in [6.45, 7) is 0. The zero-order valence-corrected chi connectivity index (χ0v) is 15.0. The van der Waals surface area contributed by atoms with Crippen LogP contribution in [0.1, 0.15) is 20.7 Å². The molecule has 0 atom stereocenters. The normalized spacial score (nSPS) is 9.48. The first-order valence-electron chi connectivity index (χ1n) is 6.54. The molecule has 0 aromatic carbocycles. The van der Waals surface area contributed by atoms with E-state index in [0.29, 0.717) is 11.3 Å². The number of nitrogens with zero attached hydrogens (tertiary/aromatic N) is 2. The van der Waals surface area contributed by atoms with Crippen LogP contribution in [-0.2, 0) is 9.47 Å². The Labute approximate surface area is 153 Å². The highest BCUT2D eigenvalue weighted by Gasteiger charge is 2.10. The average molecular weight is 389 g/mol. The van der Waals surface area contributed by atoms with Gasteiger partial charge in [-0.05, 0) is 12.1 Å².